The Labute approximate surface area is 95.5 Å². The third-order valence-corrected chi connectivity index (χ3v) is 3.36. The predicted molar refractivity (Wildman–Crippen MR) is 61.8 cm³/mol. The molecule has 1 aromatic rings. The molecule has 0 radical (unpaired) electrons. The van der Waals surface area contributed by atoms with Gasteiger partial charge in [0.2, 0.25) is 0 Å². The van der Waals surface area contributed by atoms with E-state index in [1.54, 1.807) is 6.07 Å². The number of halogens is 1. The van der Waals surface area contributed by atoms with Crippen molar-refractivity contribution in [2.75, 3.05) is 13.1 Å². The van der Waals surface area contributed by atoms with Crippen LogP contribution in [0.5, 0.6) is 0 Å². The van der Waals surface area contributed by atoms with E-state index in [2.05, 4.69) is 5.32 Å². The number of aliphatic hydroxyl groups is 1. The lowest BCUT2D eigenvalue weighted by Crippen LogP contribution is -2.28. The van der Waals surface area contributed by atoms with E-state index in [4.69, 9.17) is 0 Å². The molecular weight excluding hydrogens is 205 g/mol. The first kappa shape index (κ1) is 11.6. The Morgan fingerprint density at radius 2 is 2.12 bits per heavy atom. The molecule has 1 fully saturated rings. The van der Waals surface area contributed by atoms with Crippen molar-refractivity contribution in [1.29, 1.82) is 0 Å². The van der Waals surface area contributed by atoms with Crippen molar-refractivity contribution in [3.63, 3.8) is 0 Å². The summed E-state index contributed by atoms with van der Waals surface area (Å²) >= 11 is 0. The molecule has 2 N–H and O–H groups in total. The first-order valence-electron chi connectivity index (χ1n) is 5.81. The average Bonchev–Trinajstić information content (AvgIpc) is 2.48. The van der Waals surface area contributed by atoms with Crippen LogP contribution in [-0.4, -0.2) is 18.2 Å². The molecule has 0 aromatic heterocycles. The summed E-state index contributed by atoms with van der Waals surface area (Å²) in [5, 5.41) is 13.9. The molecule has 1 aromatic carbocycles. The number of nitrogens with one attached hydrogen (secondary N) is 1. The van der Waals surface area contributed by atoms with Gasteiger partial charge in [-0.15, -0.1) is 0 Å². The summed E-state index contributed by atoms with van der Waals surface area (Å²) in [7, 11) is 0. The fraction of sp³-hybridized carbons (Fsp3) is 0.538. The summed E-state index contributed by atoms with van der Waals surface area (Å²) in [4.78, 5) is 0. The van der Waals surface area contributed by atoms with Gasteiger partial charge in [-0.3, -0.25) is 0 Å². The smallest absolute Gasteiger partial charge is 0.123 e. The summed E-state index contributed by atoms with van der Waals surface area (Å²) < 4.78 is 13.2. The van der Waals surface area contributed by atoms with E-state index in [0.29, 0.717) is 12.8 Å². The van der Waals surface area contributed by atoms with E-state index >= 15 is 0 Å². The van der Waals surface area contributed by atoms with Gasteiger partial charge in [-0.1, -0.05) is 6.07 Å². The Kier molecular flexibility index (Phi) is 3.26. The molecule has 1 aliphatic heterocycles. The Morgan fingerprint density at radius 3 is 2.94 bits per heavy atom. The lowest BCUT2D eigenvalue weighted by Gasteiger charge is -2.28. The molecular formula is C13H18FNO. The molecule has 1 atom stereocenters. The highest BCUT2D eigenvalue weighted by molar-refractivity contribution is 5.32. The molecule has 1 saturated heterocycles. The topological polar surface area (TPSA) is 32.3 Å². The summed E-state index contributed by atoms with van der Waals surface area (Å²) in [6, 6.07) is 4.65. The molecule has 0 bridgehead atoms. The normalized spacial score (nSPS) is 26.4. The highest BCUT2D eigenvalue weighted by Crippen LogP contribution is 2.33. The minimum absolute atomic E-state index is 0.272. The average molecular weight is 223 g/mol. The zero-order chi connectivity index (χ0) is 11.6. The second kappa shape index (κ2) is 4.52. The zero-order valence-corrected chi connectivity index (χ0v) is 9.59. The van der Waals surface area contributed by atoms with Gasteiger partial charge in [0.25, 0.3) is 0 Å². The maximum Gasteiger partial charge on any atom is 0.123 e. The largest absolute Gasteiger partial charge is 0.385 e. The van der Waals surface area contributed by atoms with E-state index in [9.17, 15) is 9.50 Å². The SMILES string of the molecule is Cc1ccc(F)cc1C1(O)CCCNCC1. The van der Waals surface area contributed by atoms with Crippen molar-refractivity contribution in [3.05, 3.63) is 35.1 Å². The second-order valence-corrected chi connectivity index (χ2v) is 4.59. The highest BCUT2D eigenvalue weighted by atomic mass is 19.1. The summed E-state index contributed by atoms with van der Waals surface area (Å²) in [6.45, 7) is 3.63. The van der Waals surface area contributed by atoms with Crippen molar-refractivity contribution in [1.82, 2.24) is 5.32 Å². The van der Waals surface area contributed by atoms with Crippen LogP contribution in [-0.2, 0) is 5.60 Å². The van der Waals surface area contributed by atoms with E-state index < -0.39 is 5.60 Å². The van der Waals surface area contributed by atoms with Crippen molar-refractivity contribution in [2.45, 2.75) is 31.8 Å². The minimum Gasteiger partial charge on any atom is -0.385 e. The van der Waals surface area contributed by atoms with Crippen LogP contribution in [0.1, 0.15) is 30.4 Å². The van der Waals surface area contributed by atoms with Gasteiger partial charge in [-0.05, 0) is 62.5 Å². The van der Waals surface area contributed by atoms with Crippen molar-refractivity contribution in [2.24, 2.45) is 0 Å². The maximum absolute atomic E-state index is 13.2. The Bertz CT molecular complexity index is 370. The van der Waals surface area contributed by atoms with E-state index in [0.717, 1.165) is 30.6 Å². The van der Waals surface area contributed by atoms with Crippen LogP contribution in [0.3, 0.4) is 0 Å². The van der Waals surface area contributed by atoms with Crippen LogP contribution in [0.25, 0.3) is 0 Å². The Morgan fingerprint density at radius 1 is 1.31 bits per heavy atom. The fourth-order valence-corrected chi connectivity index (χ4v) is 2.42. The van der Waals surface area contributed by atoms with Gasteiger partial charge in [0.15, 0.2) is 0 Å². The molecule has 1 unspecified atom stereocenters. The van der Waals surface area contributed by atoms with Gasteiger partial charge in [0.05, 0.1) is 5.60 Å². The first-order valence-corrected chi connectivity index (χ1v) is 5.81. The lowest BCUT2D eigenvalue weighted by atomic mass is 9.84. The van der Waals surface area contributed by atoms with E-state index in [-0.39, 0.29) is 5.82 Å². The number of hydrogen-bond acceptors (Lipinski definition) is 2. The molecule has 2 nitrogen and oxygen atoms in total. The minimum atomic E-state index is -0.865. The van der Waals surface area contributed by atoms with Gasteiger partial charge in [0, 0.05) is 0 Å². The number of benzene rings is 1. The number of aryl methyl sites for hydroxylation is 1. The van der Waals surface area contributed by atoms with Crippen LogP contribution in [0, 0.1) is 12.7 Å². The maximum atomic E-state index is 13.2. The standard InChI is InChI=1S/C13H18FNO/c1-10-3-4-11(14)9-12(10)13(16)5-2-7-15-8-6-13/h3-4,9,15-16H,2,5-8H2,1H3. The van der Waals surface area contributed by atoms with Crippen LogP contribution in [0.4, 0.5) is 4.39 Å². The summed E-state index contributed by atoms with van der Waals surface area (Å²) in [5.41, 5.74) is 0.845. The fourth-order valence-electron chi connectivity index (χ4n) is 2.42. The molecule has 16 heavy (non-hydrogen) atoms. The van der Waals surface area contributed by atoms with Crippen molar-refractivity contribution < 1.29 is 9.50 Å². The van der Waals surface area contributed by atoms with E-state index in [1.807, 2.05) is 6.92 Å². The molecule has 3 heteroatoms. The van der Waals surface area contributed by atoms with E-state index in [1.165, 1.54) is 12.1 Å². The summed E-state index contributed by atoms with van der Waals surface area (Å²) in [6.07, 6.45) is 2.27. The Hall–Kier alpha value is -0.930. The van der Waals surface area contributed by atoms with Crippen LogP contribution in [0.15, 0.2) is 18.2 Å². The van der Waals surface area contributed by atoms with Crippen LogP contribution >= 0.6 is 0 Å². The van der Waals surface area contributed by atoms with Gasteiger partial charge in [-0.2, -0.15) is 0 Å². The third-order valence-electron chi connectivity index (χ3n) is 3.36. The lowest BCUT2D eigenvalue weighted by molar-refractivity contribution is 0.0231. The first-order chi connectivity index (χ1) is 7.62. The third kappa shape index (κ3) is 2.25. The molecule has 1 heterocycles. The molecule has 1 aliphatic rings. The van der Waals surface area contributed by atoms with Crippen LogP contribution < -0.4 is 5.32 Å². The molecule has 0 saturated carbocycles. The quantitative estimate of drug-likeness (QED) is 0.764. The van der Waals surface area contributed by atoms with Crippen LogP contribution in [0.2, 0.25) is 0 Å². The number of rotatable bonds is 1. The molecule has 2 rings (SSSR count). The molecule has 0 amide bonds. The predicted octanol–water partition coefficient (Wildman–Crippen LogP) is 2.10. The van der Waals surface area contributed by atoms with Gasteiger partial charge in [0.1, 0.15) is 5.82 Å². The zero-order valence-electron chi connectivity index (χ0n) is 9.59. The molecule has 0 aliphatic carbocycles. The molecule has 88 valence electrons. The van der Waals surface area contributed by atoms with Crippen molar-refractivity contribution in [3.8, 4) is 0 Å². The van der Waals surface area contributed by atoms with Crippen molar-refractivity contribution >= 4 is 0 Å². The highest BCUT2D eigenvalue weighted by Gasteiger charge is 2.31. The van der Waals surface area contributed by atoms with Gasteiger partial charge in [-0.25, -0.2) is 4.39 Å². The Balaban J connectivity index is 2.36. The number of hydrogen-bond donors (Lipinski definition) is 2. The second-order valence-electron chi connectivity index (χ2n) is 4.59. The monoisotopic (exact) mass is 223 g/mol. The van der Waals surface area contributed by atoms with Gasteiger partial charge >= 0.3 is 0 Å². The van der Waals surface area contributed by atoms with Gasteiger partial charge < -0.3 is 10.4 Å². The molecule has 0 spiro atoms. The summed E-state index contributed by atoms with van der Waals surface area (Å²) in [5.74, 6) is -0.272.